The van der Waals surface area contributed by atoms with E-state index in [4.69, 9.17) is 19.1 Å². The minimum absolute atomic E-state index is 0.475. The van der Waals surface area contributed by atoms with Gasteiger partial charge in [0.1, 0.15) is 11.2 Å². The van der Waals surface area contributed by atoms with Gasteiger partial charge in [-0.25, -0.2) is 9.97 Å². The Morgan fingerprint density at radius 2 is 1.16 bits per heavy atom. The van der Waals surface area contributed by atoms with Gasteiger partial charge in [0.2, 0.25) is 5.89 Å². The van der Waals surface area contributed by atoms with Gasteiger partial charge in [-0.15, -0.1) is 0 Å². The largest absolute Gasteiger partial charge is 0.453 e. The van der Waals surface area contributed by atoms with Crippen molar-refractivity contribution in [2.75, 3.05) is 9.80 Å². The van der Waals surface area contributed by atoms with Crippen molar-refractivity contribution in [3.63, 3.8) is 0 Å². The van der Waals surface area contributed by atoms with E-state index in [0.29, 0.717) is 17.2 Å². The molecule has 2 aliphatic rings. The van der Waals surface area contributed by atoms with Gasteiger partial charge in [0.25, 0.3) is 0 Å². The molecule has 0 unspecified atom stereocenters. The molecule has 11 rings (SSSR count). The predicted molar refractivity (Wildman–Crippen MR) is 195 cm³/mol. The maximum absolute atomic E-state index is 6.42. The average molecular weight is 632 g/mol. The first-order valence-corrected chi connectivity index (χ1v) is 16.2. The van der Waals surface area contributed by atoms with Crippen molar-refractivity contribution in [1.29, 1.82) is 0 Å². The maximum atomic E-state index is 6.42. The molecular formula is C42H25N5O2. The van der Waals surface area contributed by atoms with Crippen LogP contribution in [0.25, 0.3) is 50.2 Å². The van der Waals surface area contributed by atoms with Crippen molar-refractivity contribution in [3.05, 3.63) is 152 Å². The Bertz CT molecular complexity index is 2730. The Balaban J connectivity index is 0.999. The lowest BCUT2D eigenvalue weighted by Crippen LogP contribution is -2.17. The Hall–Kier alpha value is -6.86. The molecule has 0 saturated heterocycles. The van der Waals surface area contributed by atoms with Crippen LogP contribution in [0.1, 0.15) is 0 Å². The zero-order chi connectivity index (χ0) is 32.1. The van der Waals surface area contributed by atoms with E-state index in [1.165, 1.54) is 21.8 Å². The number of ether oxygens (including phenoxy) is 1. The quantitative estimate of drug-likeness (QED) is 0.193. The molecule has 2 aliphatic heterocycles. The van der Waals surface area contributed by atoms with Crippen LogP contribution in [0.3, 0.4) is 0 Å². The normalized spacial score (nSPS) is 13.0. The van der Waals surface area contributed by atoms with Gasteiger partial charge in [0.05, 0.1) is 57.0 Å². The van der Waals surface area contributed by atoms with Crippen LogP contribution in [0.15, 0.2) is 156 Å². The molecule has 6 aromatic carbocycles. The summed E-state index contributed by atoms with van der Waals surface area (Å²) >= 11 is 0. The molecule has 0 fully saturated rings. The van der Waals surface area contributed by atoms with E-state index in [1.807, 2.05) is 60.8 Å². The molecule has 0 spiro atoms. The van der Waals surface area contributed by atoms with Gasteiger partial charge in [-0.2, -0.15) is 0 Å². The fourth-order valence-electron chi connectivity index (χ4n) is 7.47. The molecule has 0 bridgehead atoms. The average Bonchev–Trinajstić information content (AvgIpc) is 3.74. The summed E-state index contributed by atoms with van der Waals surface area (Å²) in [6.45, 7) is 0. The van der Waals surface area contributed by atoms with Crippen molar-refractivity contribution < 1.29 is 9.15 Å². The summed E-state index contributed by atoms with van der Waals surface area (Å²) in [4.78, 5) is 14.2. The van der Waals surface area contributed by atoms with Crippen LogP contribution in [-0.2, 0) is 0 Å². The molecule has 0 atom stereocenters. The standard InChI is InChI=1S/C42H25N5O2/c1-2-12-32-28(10-1)29-11-9-17-37-41(29)47(32)34-14-4-3-13-33(34)45(37)26-20-22-30-40(24-26)49-42(44-30)31-23-21-27(25-43-31)46-35-15-5-7-18-38(35)48-39-19-8-6-16-36(39)46/h1-25H. The summed E-state index contributed by atoms with van der Waals surface area (Å²) in [6, 6.07) is 50.0. The van der Waals surface area contributed by atoms with Crippen LogP contribution in [0.4, 0.5) is 34.1 Å². The van der Waals surface area contributed by atoms with Crippen molar-refractivity contribution in [2.45, 2.75) is 0 Å². The molecule has 0 saturated carbocycles. The monoisotopic (exact) mass is 631 g/mol. The lowest BCUT2D eigenvalue weighted by atomic mass is 10.1. The van der Waals surface area contributed by atoms with Crippen LogP contribution in [-0.4, -0.2) is 14.5 Å². The summed E-state index contributed by atoms with van der Waals surface area (Å²) in [5.74, 6) is 2.07. The van der Waals surface area contributed by atoms with Gasteiger partial charge in [-0.05, 0) is 72.8 Å². The zero-order valence-corrected chi connectivity index (χ0v) is 26.0. The predicted octanol–water partition coefficient (Wildman–Crippen LogP) is 11.3. The van der Waals surface area contributed by atoms with Gasteiger partial charge in [0.15, 0.2) is 17.1 Å². The molecule has 0 radical (unpaired) electrons. The van der Waals surface area contributed by atoms with Crippen molar-refractivity contribution in [2.24, 2.45) is 0 Å². The third kappa shape index (κ3) is 3.72. The van der Waals surface area contributed by atoms with Crippen molar-refractivity contribution >= 4 is 67.0 Å². The zero-order valence-electron chi connectivity index (χ0n) is 26.0. The van der Waals surface area contributed by atoms with Crippen LogP contribution in [0, 0.1) is 0 Å². The number of pyridine rings is 1. The second-order valence-electron chi connectivity index (χ2n) is 12.3. The highest BCUT2D eigenvalue weighted by atomic mass is 16.5. The Morgan fingerprint density at radius 3 is 1.96 bits per heavy atom. The highest BCUT2D eigenvalue weighted by Crippen LogP contribution is 2.51. The molecule has 0 N–H and O–H groups in total. The molecule has 7 nitrogen and oxygen atoms in total. The van der Waals surface area contributed by atoms with Crippen LogP contribution < -0.4 is 14.5 Å². The van der Waals surface area contributed by atoms with Crippen molar-refractivity contribution in [3.8, 4) is 28.8 Å². The van der Waals surface area contributed by atoms with E-state index < -0.39 is 0 Å². The second kappa shape index (κ2) is 9.82. The van der Waals surface area contributed by atoms with Gasteiger partial charge in [-0.3, -0.25) is 0 Å². The molecule has 0 aliphatic carbocycles. The van der Waals surface area contributed by atoms with E-state index in [2.05, 4.69) is 105 Å². The van der Waals surface area contributed by atoms with E-state index in [1.54, 1.807) is 0 Å². The molecule has 0 amide bonds. The summed E-state index contributed by atoms with van der Waals surface area (Å²) < 4.78 is 15.0. The fraction of sp³-hybridized carbons (Fsp3) is 0. The topological polar surface area (TPSA) is 59.6 Å². The molecule has 230 valence electrons. The molecule has 49 heavy (non-hydrogen) atoms. The van der Waals surface area contributed by atoms with E-state index in [9.17, 15) is 0 Å². The molecule has 3 aromatic heterocycles. The van der Waals surface area contributed by atoms with Gasteiger partial charge >= 0.3 is 0 Å². The number of aromatic nitrogens is 3. The number of anilines is 6. The highest BCUT2D eigenvalue weighted by Gasteiger charge is 2.29. The smallest absolute Gasteiger partial charge is 0.246 e. The molecule has 5 heterocycles. The Labute approximate surface area is 280 Å². The number of fused-ring (bicyclic) bond motifs is 8. The SMILES string of the molecule is c1ccc2c(c1)Oc1ccccc1N2c1ccc(-c2nc3ccc(N4c5ccccc5-n5c6ccccc6c6cccc4c65)cc3o2)nc1. The summed E-state index contributed by atoms with van der Waals surface area (Å²) in [5.41, 5.74) is 11.7. The first kappa shape index (κ1) is 26.2. The number of nitrogens with zero attached hydrogens (tertiary/aromatic N) is 5. The lowest BCUT2D eigenvalue weighted by molar-refractivity contribution is 0.477. The maximum Gasteiger partial charge on any atom is 0.246 e. The first-order chi connectivity index (χ1) is 24.3. The molecular weight excluding hydrogens is 606 g/mol. The van der Waals surface area contributed by atoms with Crippen LogP contribution >= 0.6 is 0 Å². The number of para-hydroxylation sites is 8. The van der Waals surface area contributed by atoms with Gasteiger partial charge in [0, 0.05) is 16.8 Å². The lowest BCUT2D eigenvalue weighted by Gasteiger charge is -2.33. The third-order valence-electron chi connectivity index (χ3n) is 9.57. The fourth-order valence-corrected chi connectivity index (χ4v) is 7.47. The number of benzene rings is 6. The number of rotatable bonds is 3. The summed E-state index contributed by atoms with van der Waals surface area (Å²) in [7, 11) is 0. The molecule has 9 aromatic rings. The Kier molecular flexibility index (Phi) is 5.26. The summed E-state index contributed by atoms with van der Waals surface area (Å²) in [6.07, 6.45) is 1.86. The number of oxazole rings is 1. The second-order valence-corrected chi connectivity index (χ2v) is 12.3. The Morgan fingerprint density at radius 1 is 0.510 bits per heavy atom. The third-order valence-corrected chi connectivity index (χ3v) is 9.57. The van der Waals surface area contributed by atoms with Gasteiger partial charge < -0.3 is 23.5 Å². The number of hydrogen-bond acceptors (Lipinski definition) is 6. The van der Waals surface area contributed by atoms with E-state index >= 15 is 0 Å². The van der Waals surface area contributed by atoms with E-state index in [0.717, 1.165) is 56.8 Å². The van der Waals surface area contributed by atoms with E-state index in [-0.39, 0.29) is 0 Å². The van der Waals surface area contributed by atoms with Crippen molar-refractivity contribution in [1.82, 2.24) is 14.5 Å². The minimum Gasteiger partial charge on any atom is -0.453 e. The van der Waals surface area contributed by atoms with Crippen LogP contribution in [0.5, 0.6) is 11.5 Å². The minimum atomic E-state index is 0.475. The number of hydrogen-bond donors (Lipinski definition) is 0. The van der Waals surface area contributed by atoms with Crippen LogP contribution in [0.2, 0.25) is 0 Å². The summed E-state index contributed by atoms with van der Waals surface area (Å²) in [5, 5.41) is 2.47. The van der Waals surface area contributed by atoms with Gasteiger partial charge in [-0.1, -0.05) is 66.7 Å². The highest BCUT2D eigenvalue weighted by molar-refractivity contribution is 6.16. The molecule has 7 heteroatoms. The first-order valence-electron chi connectivity index (χ1n) is 16.2.